The van der Waals surface area contributed by atoms with Crippen LogP contribution in [-0.2, 0) is 4.79 Å². The van der Waals surface area contributed by atoms with E-state index >= 15 is 0 Å². The number of carbonyl (C=O) groups is 2. The zero-order chi connectivity index (χ0) is 17.3. The van der Waals surface area contributed by atoms with Crippen molar-refractivity contribution in [3.63, 3.8) is 0 Å². The lowest BCUT2D eigenvalue weighted by Crippen LogP contribution is -2.30. The Morgan fingerprint density at radius 2 is 2.08 bits per heavy atom. The molecule has 0 spiro atoms. The first-order valence-corrected chi connectivity index (χ1v) is 7.83. The molecule has 7 heteroatoms. The van der Waals surface area contributed by atoms with Gasteiger partial charge in [0.05, 0.1) is 0 Å². The van der Waals surface area contributed by atoms with Crippen LogP contribution in [-0.4, -0.2) is 33.6 Å². The zero-order valence-corrected chi connectivity index (χ0v) is 13.4. The Balaban J connectivity index is 2.02. The lowest BCUT2D eigenvalue weighted by molar-refractivity contribution is -0.135. The van der Waals surface area contributed by atoms with Crippen LogP contribution in [0.25, 0.3) is 11.1 Å². The topological polar surface area (TPSA) is 99.5 Å². The summed E-state index contributed by atoms with van der Waals surface area (Å²) in [5.74, 6) is -1.92. The number of rotatable bonds is 5. The summed E-state index contributed by atoms with van der Waals surface area (Å²) in [6.07, 6.45) is 3.36. The van der Waals surface area contributed by atoms with Crippen LogP contribution in [0.1, 0.15) is 34.8 Å². The third-order valence-corrected chi connectivity index (χ3v) is 4.06. The van der Waals surface area contributed by atoms with Gasteiger partial charge >= 0.3 is 5.97 Å². The highest BCUT2D eigenvalue weighted by atomic mass is 35.5. The number of hydrogen-bond donors (Lipinski definition) is 3. The molecule has 1 aromatic heterocycles. The maximum absolute atomic E-state index is 12.0. The van der Waals surface area contributed by atoms with Gasteiger partial charge in [-0.05, 0) is 36.5 Å². The van der Waals surface area contributed by atoms with Gasteiger partial charge in [-0.2, -0.15) is 0 Å². The Morgan fingerprint density at radius 1 is 1.33 bits per heavy atom. The quantitative estimate of drug-likeness (QED) is 0.773. The van der Waals surface area contributed by atoms with Crippen molar-refractivity contribution in [3.8, 4) is 16.9 Å². The van der Waals surface area contributed by atoms with E-state index in [4.69, 9.17) is 16.7 Å². The minimum Gasteiger partial charge on any atom is -0.505 e. The number of carboxylic acid groups (broad SMARTS) is 1. The first-order chi connectivity index (χ1) is 11.5. The van der Waals surface area contributed by atoms with Gasteiger partial charge in [0.2, 0.25) is 0 Å². The monoisotopic (exact) mass is 346 g/mol. The maximum atomic E-state index is 12.0. The van der Waals surface area contributed by atoms with E-state index < -0.39 is 18.4 Å². The number of carbonyl (C=O) groups excluding carboxylic acids is 1. The molecule has 1 aliphatic carbocycles. The van der Waals surface area contributed by atoms with Crippen molar-refractivity contribution < 1.29 is 19.8 Å². The predicted molar refractivity (Wildman–Crippen MR) is 88.3 cm³/mol. The molecule has 1 heterocycles. The summed E-state index contributed by atoms with van der Waals surface area (Å²) in [4.78, 5) is 26.7. The summed E-state index contributed by atoms with van der Waals surface area (Å²) in [6.45, 7) is -0.533. The molecule has 0 radical (unpaired) electrons. The average molecular weight is 347 g/mol. The first kappa shape index (κ1) is 16.3. The molecule has 1 aliphatic rings. The Hall–Kier alpha value is -2.60. The highest BCUT2D eigenvalue weighted by molar-refractivity contribution is 6.30. The zero-order valence-electron chi connectivity index (χ0n) is 12.6. The second-order valence-corrected chi connectivity index (χ2v) is 6.08. The number of hydrogen-bond acceptors (Lipinski definition) is 4. The van der Waals surface area contributed by atoms with E-state index in [2.05, 4.69) is 10.3 Å². The number of aromatic nitrogens is 1. The predicted octanol–water partition coefficient (Wildman–Crippen LogP) is 2.80. The second kappa shape index (κ2) is 6.49. The number of halogens is 1. The summed E-state index contributed by atoms with van der Waals surface area (Å²) < 4.78 is 0. The lowest BCUT2D eigenvalue weighted by atomic mass is 9.96. The molecule has 3 rings (SSSR count). The Bertz CT molecular complexity index is 818. The lowest BCUT2D eigenvalue weighted by Gasteiger charge is -2.14. The number of carboxylic acids is 1. The summed E-state index contributed by atoms with van der Waals surface area (Å²) in [5.41, 5.74) is 2.04. The number of nitrogens with zero attached hydrogens (tertiary/aromatic N) is 1. The summed E-state index contributed by atoms with van der Waals surface area (Å²) in [7, 11) is 0. The smallest absolute Gasteiger partial charge is 0.322 e. The fourth-order valence-corrected chi connectivity index (χ4v) is 2.78. The molecule has 1 aromatic carbocycles. The minimum absolute atomic E-state index is 0.160. The molecule has 1 amide bonds. The highest BCUT2D eigenvalue weighted by Gasteiger charge is 2.32. The number of benzene rings is 1. The molecule has 0 aliphatic heterocycles. The fourth-order valence-electron chi connectivity index (χ4n) is 2.59. The maximum Gasteiger partial charge on any atom is 0.322 e. The Labute approximate surface area is 143 Å². The van der Waals surface area contributed by atoms with Crippen molar-refractivity contribution in [3.05, 3.63) is 46.7 Å². The largest absolute Gasteiger partial charge is 0.505 e. The van der Waals surface area contributed by atoms with Gasteiger partial charge in [0.15, 0.2) is 11.4 Å². The van der Waals surface area contributed by atoms with E-state index in [1.165, 1.54) is 6.20 Å². The van der Waals surface area contributed by atoms with Gasteiger partial charge in [-0.1, -0.05) is 23.7 Å². The van der Waals surface area contributed by atoms with E-state index in [-0.39, 0.29) is 17.4 Å². The number of aliphatic carboxylic acids is 1. The third kappa shape index (κ3) is 3.33. The minimum atomic E-state index is -1.17. The van der Waals surface area contributed by atoms with Crippen molar-refractivity contribution in [1.29, 1.82) is 0 Å². The van der Waals surface area contributed by atoms with Crippen molar-refractivity contribution in [2.24, 2.45) is 0 Å². The molecule has 0 atom stereocenters. The van der Waals surface area contributed by atoms with Gasteiger partial charge in [0.25, 0.3) is 5.91 Å². The molecule has 0 unspecified atom stereocenters. The van der Waals surface area contributed by atoms with E-state index in [0.29, 0.717) is 10.6 Å². The molecule has 3 N–H and O–H groups in total. The Kier molecular flexibility index (Phi) is 4.40. The number of pyridine rings is 1. The number of amides is 1. The van der Waals surface area contributed by atoms with E-state index in [1.807, 2.05) is 6.07 Å². The fraction of sp³-hybridized carbons (Fsp3) is 0.235. The van der Waals surface area contributed by atoms with Gasteiger partial charge in [-0.3, -0.25) is 9.59 Å². The highest BCUT2D eigenvalue weighted by Crippen LogP contribution is 2.49. The van der Waals surface area contributed by atoms with E-state index in [0.717, 1.165) is 24.0 Å². The first-order valence-electron chi connectivity index (χ1n) is 7.45. The van der Waals surface area contributed by atoms with Gasteiger partial charge in [0, 0.05) is 22.3 Å². The standard InChI is InChI=1S/C17H15ClN2O4/c18-11-3-1-2-10(6-11)12-7-19-15(17(24)20-8-13(21)22)16(23)14(12)9-4-5-9/h1-3,6-7,9,23H,4-5,8H2,(H,20,24)(H,21,22). The van der Waals surface area contributed by atoms with Crippen molar-refractivity contribution in [2.75, 3.05) is 6.54 Å². The van der Waals surface area contributed by atoms with E-state index in [1.54, 1.807) is 18.2 Å². The Morgan fingerprint density at radius 3 is 2.71 bits per heavy atom. The molecule has 0 saturated heterocycles. The van der Waals surface area contributed by atoms with Crippen molar-refractivity contribution in [2.45, 2.75) is 18.8 Å². The van der Waals surface area contributed by atoms with Gasteiger partial charge in [-0.25, -0.2) is 4.98 Å². The summed E-state index contributed by atoms with van der Waals surface area (Å²) in [5, 5.41) is 22.0. The molecular formula is C17H15ClN2O4. The third-order valence-electron chi connectivity index (χ3n) is 3.83. The molecule has 1 fully saturated rings. The van der Waals surface area contributed by atoms with Gasteiger partial charge in [0.1, 0.15) is 6.54 Å². The van der Waals surface area contributed by atoms with Gasteiger partial charge in [-0.15, -0.1) is 0 Å². The van der Waals surface area contributed by atoms with Crippen molar-refractivity contribution in [1.82, 2.24) is 10.3 Å². The summed E-state index contributed by atoms with van der Waals surface area (Å²) >= 11 is 6.03. The second-order valence-electron chi connectivity index (χ2n) is 5.64. The normalized spacial score (nSPS) is 13.5. The molecule has 1 saturated carbocycles. The van der Waals surface area contributed by atoms with Crippen LogP contribution >= 0.6 is 11.6 Å². The molecule has 0 bridgehead atoms. The van der Waals surface area contributed by atoms with Gasteiger partial charge < -0.3 is 15.5 Å². The van der Waals surface area contributed by atoms with Crippen LogP contribution in [0.5, 0.6) is 5.75 Å². The molecule has 124 valence electrons. The molecular weight excluding hydrogens is 332 g/mol. The SMILES string of the molecule is O=C(O)CNC(=O)c1ncc(-c2cccc(Cl)c2)c(C2CC2)c1O. The van der Waals surface area contributed by atoms with Crippen molar-refractivity contribution >= 4 is 23.5 Å². The van der Waals surface area contributed by atoms with Crippen LogP contribution in [0, 0.1) is 0 Å². The van der Waals surface area contributed by atoms with E-state index in [9.17, 15) is 14.7 Å². The molecule has 6 nitrogen and oxygen atoms in total. The van der Waals surface area contributed by atoms with Crippen LogP contribution in [0.4, 0.5) is 0 Å². The van der Waals surface area contributed by atoms with Crippen LogP contribution in [0.2, 0.25) is 5.02 Å². The number of nitrogens with one attached hydrogen (secondary N) is 1. The average Bonchev–Trinajstić information content (AvgIpc) is 3.37. The molecule has 2 aromatic rings. The summed E-state index contributed by atoms with van der Waals surface area (Å²) in [6, 6.07) is 7.19. The van der Waals surface area contributed by atoms with Crippen LogP contribution in [0.15, 0.2) is 30.5 Å². The number of aromatic hydroxyl groups is 1. The molecule has 24 heavy (non-hydrogen) atoms. The van der Waals surface area contributed by atoms with Crippen LogP contribution < -0.4 is 5.32 Å². The van der Waals surface area contributed by atoms with Crippen LogP contribution in [0.3, 0.4) is 0 Å².